The van der Waals surface area contributed by atoms with Crippen LogP contribution in [0, 0.1) is 5.82 Å². The standard InChI is InChI=1S/C9H14FN3/c1-13(2)9(12-11)7-5-3-4-6-8(7)10/h3-6,9,12H,11H2,1-2H3. The van der Waals surface area contributed by atoms with Crippen molar-refractivity contribution in [2.45, 2.75) is 6.17 Å². The summed E-state index contributed by atoms with van der Waals surface area (Å²) in [5.41, 5.74) is 3.10. The smallest absolute Gasteiger partial charge is 0.129 e. The Kier molecular flexibility index (Phi) is 3.36. The third-order valence-electron chi connectivity index (χ3n) is 1.87. The lowest BCUT2D eigenvalue weighted by Gasteiger charge is -2.23. The number of nitrogens with one attached hydrogen (secondary N) is 1. The van der Waals surface area contributed by atoms with Crippen molar-refractivity contribution in [1.29, 1.82) is 0 Å². The van der Waals surface area contributed by atoms with E-state index in [4.69, 9.17) is 5.84 Å². The second kappa shape index (κ2) is 4.32. The molecule has 1 unspecified atom stereocenters. The monoisotopic (exact) mass is 183 g/mol. The number of hydrazine groups is 1. The maximum absolute atomic E-state index is 13.3. The van der Waals surface area contributed by atoms with Gasteiger partial charge in [0.15, 0.2) is 0 Å². The van der Waals surface area contributed by atoms with Crippen molar-refractivity contribution >= 4 is 0 Å². The fourth-order valence-electron chi connectivity index (χ4n) is 1.21. The minimum absolute atomic E-state index is 0.251. The number of nitrogens with two attached hydrogens (primary N) is 1. The zero-order valence-corrected chi connectivity index (χ0v) is 7.79. The molecule has 3 nitrogen and oxygen atoms in total. The summed E-state index contributed by atoms with van der Waals surface area (Å²) in [6, 6.07) is 6.57. The van der Waals surface area contributed by atoms with Crippen LogP contribution in [0.1, 0.15) is 11.7 Å². The van der Waals surface area contributed by atoms with Crippen molar-refractivity contribution in [2.75, 3.05) is 14.1 Å². The SMILES string of the molecule is CN(C)C(NN)c1ccccc1F. The second-order valence-corrected chi connectivity index (χ2v) is 3.05. The van der Waals surface area contributed by atoms with Gasteiger partial charge in [-0.3, -0.25) is 10.7 Å². The minimum atomic E-state index is -0.291. The van der Waals surface area contributed by atoms with E-state index in [0.717, 1.165) is 0 Å². The molecule has 0 amide bonds. The van der Waals surface area contributed by atoms with E-state index in [9.17, 15) is 4.39 Å². The van der Waals surface area contributed by atoms with Crippen LogP contribution in [0.2, 0.25) is 0 Å². The Morgan fingerprint density at radius 3 is 2.46 bits per heavy atom. The highest BCUT2D eigenvalue weighted by atomic mass is 19.1. The molecule has 0 heterocycles. The highest BCUT2D eigenvalue weighted by Gasteiger charge is 2.14. The number of nitrogens with zero attached hydrogens (tertiary/aromatic N) is 1. The fraction of sp³-hybridized carbons (Fsp3) is 0.333. The number of benzene rings is 1. The van der Waals surface area contributed by atoms with Crippen LogP contribution < -0.4 is 11.3 Å². The molecule has 0 aliphatic carbocycles. The molecule has 0 aromatic heterocycles. The molecule has 0 saturated carbocycles. The molecule has 1 aromatic rings. The van der Waals surface area contributed by atoms with Crippen LogP contribution >= 0.6 is 0 Å². The highest BCUT2D eigenvalue weighted by molar-refractivity contribution is 5.20. The Morgan fingerprint density at radius 1 is 1.38 bits per heavy atom. The number of hydrogen-bond donors (Lipinski definition) is 2. The van der Waals surface area contributed by atoms with Crippen molar-refractivity contribution in [2.24, 2.45) is 5.84 Å². The molecule has 1 rings (SSSR count). The van der Waals surface area contributed by atoms with E-state index >= 15 is 0 Å². The van der Waals surface area contributed by atoms with Gasteiger partial charge in [-0.15, -0.1) is 0 Å². The molecule has 13 heavy (non-hydrogen) atoms. The van der Waals surface area contributed by atoms with Crippen LogP contribution in [0.4, 0.5) is 4.39 Å². The Bertz CT molecular complexity index is 275. The summed E-state index contributed by atoms with van der Waals surface area (Å²) in [6.07, 6.45) is -0.291. The van der Waals surface area contributed by atoms with Crippen LogP contribution in [-0.4, -0.2) is 19.0 Å². The second-order valence-electron chi connectivity index (χ2n) is 3.05. The first-order chi connectivity index (χ1) is 6.16. The van der Waals surface area contributed by atoms with Gasteiger partial charge in [-0.05, 0) is 20.2 Å². The first-order valence-electron chi connectivity index (χ1n) is 4.03. The number of hydrogen-bond acceptors (Lipinski definition) is 3. The molecular formula is C9H14FN3. The highest BCUT2D eigenvalue weighted by Crippen LogP contribution is 2.17. The molecule has 0 spiro atoms. The summed E-state index contributed by atoms with van der Waals surface area (Å²) >= 11 is 0. The van der Waals surface area contributed by atoms with Gasteiger partial charge in [0.25, 0.3) is 0 Å². The lowest BCUT2D eigenvalue weighted by atomic mass is 10.1. The molecule has 0 bridgehead atoms. The third kappa shape index (κ3) is 2.24. The van der Waals surface area contributed by atoms with E-state index in [0.29, 0.717) is 5.56 Å². The molecule has 0 fully saturated rings. The van der Waals surface area contributed by atoms with Gasteiger partial charge in [-0.1, -0.05) is 18.2 Å². The quantitative estimate of drug-likeness (QED) is 0.414. The average Bonchev–Trinajstić information content (AvgIpc) is 2.09. The van der Waals surface area contributed by atoms with Crippen molar-refractivity contribution in [1.82, 2.24) is 10.3 Å². The van der Waals surface area contributed by atoms with Crippen LogP contribution in [0.3, 0.4) is 0 Å². The van der Waals surface area contributed by atoms with E-state index in [1.807, 2.05) is 14.1 Å². The van der Waals surface area contributed by atoms with Crippen LogP contribution in [0.25, 0.3) is 0 Å². The van der Waals surface area contributed by atoms with Gasteiger partial charge >= 0.3 is 0 Å². The van der Waals surface area contributed by atoms with E-state index < -0.39 is 0 Å². The number of rotatable bonds is 3. The predicted molar refractivity (Wildman–Crippen MR) is 50.2 cm³/mol. The zero-order chi connectivity index (χ0) is 9.84. The topological polar surface area (TPSA) is 41.3 Å². The maximum Gasteiger partial charge on any atom is 0.129 e. The predicted octanol–water partition coefficient (Wildman–Crippen LogP) is 0.849. The van der Waals surface area contributed by atoms with E-state index in [1.54, 1.807) is 23.1 Å². The molecular weight excluding hydrogens is 169 g/mol. The Hall–Kier alpha value is -0.970. The molecule has 0 aliphatic heterocycles. The lowest BCUT2D eigenvalue weighted by Crippen LogP contribution is -2.38. The molecule has 1 aromatic carbocycles. The molecule has 0 aliphatic rings. The summed E-state index contributed by atoms with van der Waals surface area (Å²) in [5, 5.41) is 0. The van der Waals surface area contributed by atoms with Crippen LogP contribution in [0.15, 0.2) is 24.3 Å². The summed E-state index contributed by atoms with van der Waals surface area (Å²) in [4.78, 5) is 1.80. The van der Waals surface area contributed by atoms with Crippen molar-refractivity contribution in [3.63, 3.8) is 0 Å². The first-order valence-corrected chi connectivity index (χ1v) is 4.03. The van der Waals surface area contributed by atoms with E-state index in [2.05, 4.69) is 5.43 Å². The van der Waals surface area contributed by atoms with Crippen molar-refractivity contribution in [3.05, 3.63) is 35.6 Å². The van der Waals surface area contributed by atoms with Gasteiger partial charge in [-0.25, -0.2) is 9.82 Å². The molecule has 0 saturated heterocycles. The lowest BCUT2D eigenvalue weighted by molar-refractivity contribution is 0.246. The van der Waals surface area contributed by atoms with E-state index in [1.165, 1.54) is 6.07 Å². The molecule has 72 valence electrons. The fourth-order valence-corrected chi connectivity index (χ4v) is 1.21. The van der Waals surface area contributed by atoms with Crippen molar-refractivity contribution in [3.8, 4) is 0 Å². The normalized spacial score (nSPS) is 13.3. The largest absolute Gasteiger partial charge is 0.289 e. The molecule has 1 atom stereocenters. The Labute approximate surface area is 77.3 Å². The Balaban J connectivity index is 2.97. The molecule has 3 N–H and O–H groups in total. The van der Waals surface area contributed by atoms with Gasteiger partial charge in [0, 0.05) is 5.56 Å². The van der Waals surface area contributed by atoms with Gasteiger partial charge in [0.05, 0.1) is 0 Å². The van der Waals surface area contributed by atoms with Gasteiger partial charge in [0.2, 0.25) is 0 Å². The third-order valence-corrected chi connectivity index (χ3v) is 1.87. The van der Waals surface area contributed by atoms with Gasteiger partial charge in [0.1, 0.15) is 12.0 Å². The molecule has 0 radical (unpaired) electrons. The van der Waals surface area contributed by atoms with Crippen molar-refractivity contribution < 1.29 is 4.39 Å². The summed E-state index contributed by atoms with van der Waals surface area (Å²) in [7, 11) is 3.66. The zero-order valence-electron chi connectivity index (χ0n) is 7.79. The maximum atomic E-state index is 13.3. The average molecular weight is 183 g/mol. The Morgan fingerprint density at radius 2 is 2.00 bits per heavy atom. The summed E-state index contributed by atoms with van der Waals surface area (Å²) in [5.74, 6) is 5.07. The van der Waals surface area contributed by atoms with Gasteiger partial charge < -0.3 is 0 Å². The summed E-state index contributed by atoms with van der Waals surface area (Å²) in [6.45, 7) is 0. The minimum Gasteiger partial charge on any atom is -0.289 e. The molecule has 4 heteroatoms. The summed E-state index contributed by atoms with van der Waals surface area (Å²) < 4.78 is 13.3. The van der Waals surface area contributed by atoms with Crippen LogP contribution in [0.5, 0.6) is 0 Å². The van der Waals surface area contributed by atoms with Crippen LogP contribution in [-0.2, 0) is 0 Å². The number of halogens is 1. The van der Waals surface area contributed by atoms with E-state index in [-0.39, 0.29) is 12.0 Å². The van der Waals surface area contributed by atoms with Gasteiger partial charge in [-0.2, -0.15) is 0 Å². The first kappa shape index (κ1) is 10.1.